The minimum Gasteiger partial charge on any atom is -0.378 e. The van der Waals surface area contributed by atoms with Gasteiger partial charge in [-0.05, 0) is 24.1 Å². The van der Waals surface area contributed by atoms with E-state index in [0.717, 1.165) is 12.2 Å². The van der Waals surface area contributed by atoms with Crippen molar-refractivity contribution in [2.24, 2.45) is 0 Å². The van der Waals surface area contributed by atoms with Gasteiger partial charge in [-0.3, -0.25) is 4.79 Å². The van der Waals surface area contributed by atoms with Gasteiger partial charge in [-0.15, -0.1) is 0 Å². The predicted molar refractivity (Wildman–Crippen MR) is 72.0 cm³/mol. The van der Waals surface area contributed by atoms with E-state index in [0.29, 0.717) is 11.5 Å². The Bertz CT molecular complexity index is 332. The van der Waals surface area contributed by atoms with Crippen molar-refractivity contribution in [1.29, 1.82) is 0 Å². The Morgan fingerprint density at radius 2 is 1.88 bits per heavy atom. The van der Waals surface area contributed by atoms with Crippen LogP contribution in [0, 0.1) is 0 Å². The van der Waals surface area contributed by atoms with Gasteiger partial charge in [0, 0.05) is 32.0 Å². The Morgan fingerprint density at radius 1 is 1.25 bits per heavy atom. The molecule has 0 aliphatic rings. The van der Waals surface area contributed by atoms with Crippen molar-refractivity contribution in [3.63, 3.8) is 0 Å². The summed E-state index contributed by atoms with van der Waals surface area (Å²) < 4.78 is 0. The molecule has 0 saturated heterocycles. The molecule has 0 heterocycles. The molecule has 1 aromatic carbocycles. The fraction of sp³-hybridized carbons (Fsp3) is 0.462. The average Bonchev–Trinajstić information content (AvgIpc) is 2.27. The van der Waals surface area contributed by atoms with Crippen LogP contribution in [0.15, 0.2) is 24.3 Å². The minimum absolute atomic E-state index is 0.291. The van der Waals surface area contributed by atoms with Crippen LogP contribution < -0.4 is 4.90 Å². The van der Waals surface area contributed by atoms with Gasteiger partial charge in [0.25, 0.3) is 0 Å². The average molecular weight is 237 g/mol. The monoisotopic (exact) mass is 237 g/mol. The van der Waals surface area contributed by atoms with Gasteiger partial charge >= 0.3 is 0 Å². The molecule has 1 rings (SSSR count). The maximum absolute atomic E-state index is 11.3. The normalized spacial score (nSPS) is 10.2. The summed E-state index contributed by atoms with van der Waals surface area (Å²) >= 11 is 1.42. The first kappa shape index (κ1) is 13.1. The lowest BCUT2D eigenvalue weighted by molar-refractivity contribution is -0.111. The number of carbonyl (C=O) groups is 1. The van der Waals surface area contributed by atoms with Crippen molar-refractivity contribution in [3.8, 4) is 0 Å². The molecule has 2 nitrogen and oxygen atoms in total. The Hall–Kier alpha value is -0.960. The number of hydrogen-bond acceptors (Lipinski definition) is 3. The summed E-state index contributed by atoms with van der Waals surface area (Å²) in [5.41, 5.74) is 2.40. The van der Waals surface area contributed by atoms with Crippen LogP contribution in [-0.4, -0.2) is 19.2 Å². The second-order valence-electron chi connectivity index (χ2n) is 3.97. The maximum Gasteiger partial charge on any atom is 0.189 e. The Balaban J connectivity index is 2.46. The Morgan fingerprint density at radius 3 is 2.38 bits per heavy atom. The lowest BCUT2D eigenvalue weighted by Gasteiger charge is -2.12. The van der Waals surface area contributed by atoms with E-state index in [1.165, 1.54) is 23.0 Å². The third kappa shape index (κ3) is 4.27. The largest absolute Gasteiger partial charge is 0.378 e. The quantitative estimate of drug-likeness (QED) is 0.783. The van der Waals surface area contributed by atoms with Crippen LogP contribution in [0.2, 0.25) is 0 Å². The lowest BCUT2D eigenvalue weighted by Crippen LogP contribution is -2.08. The molecule has 0 atom stereocenters. The molecule has 0 spiro atoms. The highest BCUT2D eigenvalue weighted by molar-refractivity contribution is 8.12. The van der Waals surface area contributed by atoms with E-state index >= 15 is 0 Å². The fourth-order valence-corrected chi connectivity index (χ4v) is 2.20. The summed E-state index contributed by atoms with van der Waals surface area (Å²) in [5.74, 6) is 0.784. The summed E-state index contributed by atoms with van der Waals surface area (Å²) in [7, 11) is 4.04. The first-order valence-corrected chi connectivity index (χ1v) is 6.54. The lowest BCUT2D eigenvalue weighted by atomic mass is 10.2. The zero-order valence-corrected chi connectivity index (χ0v) is 11.0. The zero-order valence-electron chi connectivity index (χ0n) is 10.2. The molecule has 0 fully saturated rings. The van der Waals surface area contributed by atoms with Gasteiger partial charge in [-0.25, -0.2) is 0 Å². The Labute approximate surface area is 102 Å². The highest BCUT2D eigenvalue weighted by atomic mass is 32.2. The van der Waals surface area contributed by atoms with Crippen LogP contribution in [0.25, 0.3) is 0 Å². The molecule has 3 heteroatoms. The third-order valence-corrected chi connectivity index (χ3v) is 3.31. The van der Waals surface area contributed by atoms with Crippen LogP contribution >= 0.6 is 11.8 Å². The van der Waals surface area contributed by atoms with Crippen molar-refractivity contribution in [3.05, 3.63) is 29.8 Å². The van der Waals surface area contributed by atoms with Gasteiger partial charge in [0.2, 0.25) is 0 Å². The second kappa shape index (κ2) is 6.59. The standard InChI is InChI=1S/C13H19NOS/c1-4-5-13(15)16-10-11-6-8-12(9-7-11)14(2)3/h6-9H,4-5,10H2,1-3H3. The SMILES string of the molecule is CCCC(=O)SCc1ccc(N(C)C)cc1. The van der Waals surface area contributed by atoms with Crippen molar-refractivity contribution in [2.75, 3.05) is 19.0 Å². The van der Waals surface area contributed by atoms with E-state index in [-0.39, 0.29) is 0 Å². The van der Waals surface area contributed by atoms with Gasteiger partial charge in [0.15, 0.2) is 5.12 Å². The van der Waals surface area contributed by atoms with Crippen LogP contribution in [0.3, 0.4) is 0 Å². The number of carbonyl (C=O) groups excluding carboxylic acids is 1. The summed E-state index contributed by atoms with van der Waals surface area (Å²) in [6, 6.07) is 8.34. The van der Waals surface area contributed by atoms with Crippen molar-refractivity contribution >= 4 is 22.6 Å². The van der Waals surface area contributed by atoms with Gasteiger partial charge in [0.05, 0.1) is 0 Å². The van der Waals surface area contributed by atoms with Gasteiger partial charge in [-0.2, -0.15) is 0 Å². The van der Waals surface area contributed by atoms with Gasteiger partial charge < -0.3 is 4.90 Å². The molecule has 0 aliphatic heterocycles. The number of hydrogen-bond donors (Lipinski definition) is 0. The van der Waals surface area contributed by atoms with Crippen molar-refractivity contribution in [2.45, 2.75) is 25.5 Å². The molecule has 88 valence electrons. The van der Waals surface area contributed by atoms with Crippen molar-refractivity contribution in [1.82, 2.24) is 0 Å². The molecule has 0 bridgehead atoms. The first-order valence-electron chi connectivity index (χ1n) is 5.55. The Kier molecular flexibility index (Phi) is 5.39. The highest BCUT2D eigenvalue weighted by Gasteiger charge is 2.02. The third-order valence-electron chi connectivity index (χ3n) is 2.31. The first-order chi connectivity index (χ1) is 7.63. The molecule has 16 heavy (non-hydrogen) atoms. The molecule has 1 aromatic rings. The molecular formula is C13H19NOS. The molecule has 0 aromatic heterocycles. The van der Waals surface area contributed by atoms with Gasteiger partial charge in [-0.1, -0.05) is 30.8 Å². The van der Waals surface area contributed by atoms with E-state index in [1.54, 1.807) is 0 Å². The molecule has 0 radical (unpaired) electrons. The fourth-order valence-electron chi connectivity index (χ4n) is 1.33. The minimum atomic E-state index is 0.291. The second-order valence-corrected chi connectivity index (χ2v) is 5.00. The van der Waals surface area contributed by atoms with E-state index in [4.69, 9.17) is 0 Å². The van der Waals surface area contributed by atoms with Crippen molar-refractivity contribution < 1.29 is 4.79 Å². The number of benzene rings is 1. The highest BCUT2D eigenvalue weighted by Crippen LogP contribution is 2.18. The number of anilines is 1. The number of thioether (sulfide) groups is 1. The maximum atomic E-state index is 11.3. The van der Waals surface area contributed by atoms with E-state index in [9.17, 15) is 4.79 Å². The van der Waals surface area contributed by atoms with Crippen LogP contribution in [0.5, 0.6) is 0 Å². The smallest absolute Gasteiger partial charge is 0.189 e. The summed E-state index contributed by atoms with van der Waals surface area (Å²) in [6.45, 7) is 2.03. The topological polar surface area (TPSA) is 20.3 Å². The van der Waals surface area contributed by atoms with E-state index < -0.39 is 0 Å². The van der Waals surface area contributed by atoms with Crippen LogP contribution in [0.4, 0.5) is 5.69 Å². The number of rotatable bonds is 5. The summed E-state index contributed by atoms with van der Waals surface area (Å²) in [6.07, 6.45) is 1.62. The predicted octanol–water partition coefficient (Wildman–Crippen LogP) is 3.31. The molecule has 0 saturated carbocycles. The van der Waals surface area contributed by atoms with Crippen LogP contribution in [0.1, 0.15) is 25.3 Å². The summed E-state index contributed by atoms with van der Waals surface area (Å²) in [5, 5.41) is 0.291. The van der Waals surface area contributed by atoms with E-state index in [1.807, 2.05) is 21.0 Å². The van der Waals surface area contributed by atoms with Gasteiger partial charge in [0.1, 0.15) is 0 Å². The molecule has 0 amide bonds. The molecular weight excluding hydrogens is 218 g/mol. The molecule has 0 aliphatic carbocycles. The van der Waals surface area contributed by atoms with Crippen LogP contribution in [-0.2, 0) is 10.5 Å². The molecule has 0 N–H and O–H groups in total. The zero-order chi connectivity index (χ0) is 12.0. The molecule has 0 unspecified atom stereocenters. The summed E-state index contributed by atoms with van der Waals surface area (Å²) in [4.78, 5) is 13.4. The number of nitrogens with zero attached hydrogens (tertiary/aromatic N) is 1. The van der Waals surface area contributed by atoms with E-state index in [2.05, 4.69) is 29.2 Å².